The average molecular weight is 403 g/mol. The van der Waals surface area contributed by atoms with Crippen molar-refractivity contribution in [2.75, 3.05) is 0 Å². The first kappa shape index (κ1) is 21.3. The molecule has 1 aromatic rings. The zero-order chi connectivity index (χ0) is 20.0. The second-order valence-corrected chi connectivity index (χ2v) is 8.49. The van der Waals surface area contributed by atoms with Crippen molar-refractivity contribution in [3.05, 3.63) is 29.8 Å². The SMILES string of the molecule is C[C@@H](OC(=O)c1ccc(S(=O)(=O)C(F)F)cc1)C(=O)NC1CCCCCC1. The number of carbonyl (C=O) groups excluding carboxylic acids is 2. The highest BCUT2D eigenvalue weighted by atomic mass is 32.2. The normalized spacial score (nSPS) is 17.2. The minimum Gasteiger partial charge on any atom is -0.449 e. The lowest BCUT2D eigenvalue weighted by molar-refractivity contribution is -0.129. The molecule has 150 valence electrons. The number of amides is 1. The first-order valence-corrected chi connectivity index (χ1v) is 10.4. The smallest absolute Gasteiger partial charge is 0.341 e. The van der Waals surface area contributed by atoms with E-state index < -0.39 is 38.5 Å². The Morgan fingerprint density at radius 2 is 1.63 bits per heavy atom. The predicted octanol–water partition coefficient (Wildman–Crippen LogP) is 3.07. The van der Waals surface area contributed by atoms with Gasteiger partial charge >= 0.3 is 11.7 Å². The van der Waals surface area contributed by atoms with E-state index in [1.165, 1.54) is 6.92 Å². The Morgan fingerprint density at radius 3 is 2.15 bits per heavy atom. The van der Waals surface area contributed by atoms with Gasteiger partial charge in [0.2, 0.25) is 9.84 Å². The quantitative estimate of drug-likeness (QED) is 0.582. The number of ether oxygens (including phenoxy) is 1. The Kier molecular flexibility index (Phi) is 7.29. The summed E-state index contributed by atoms with van der Waals surface area (Å²) in [5, 5.41) is 2.88. The molecule has 0 aliphatic heterocycles. The molecule has 1 aromatic carbocycles. The van der Waals surface area contributed by atoms with E-state index in [-0.39, 0.29) is 11.6 Å². The van der Waals surface area contributed by atoms with Crippen LogP contribution in [0.2, 0.25) is 0 Å². The molecule has 27 heavy (non-hydrogen) atoms. The second kappa shape index (κ2) is 9.25. The van der Waals surface area contributed by atoms with Crippen LogP contribution in [0.3, 0.4) is 0 Å². The summed E-state index contributed by atoms with van der Waals surface area (Å²) in [7, 11) is -4.72. The topological polar surface area (TPSA) is 89.5 Å². The Labute approximate surface area is 157 Å². The molecule has 0 radical (unpaired) electrons. The number of halogens is 2. The van der Waals surface area contributed by atoms with Crippen molar-refractivity contribution >= 4 is 21.7 Å². The van der Waals surface area contributed by atoms with Crippen LogP contribution in [0.1, 0.15) is 55.8 Å². The number of esters is 1. The van der Waals surface area contributed by atoms with E-state index in [4.69, 9.17) is 4.74 Å². The number of sulfone groups is 1. The summed E-state index contributed by atoms with van der Waals surface area (Å²) in [4.78, 5) is 23.7. The molecule has 1 N–H and O–H groups in total. The van der Waals surface area contributed by atoms with Crippen LogP contribution >= 0.6 is 0 Å². The Hall–Kier alpha value is -2.03. The average Bonchev–Trinajstić information content (AvgIpc) is 2.90. The third-order valence-electron chi connectivity index (χ3n) is 4.51. The van der Waals surface area contributed by atoms with Crippen LogP contribution in [0.4, 0.5) is 8.78 Å². The van der Waals surface area contributed by atoms with Gasteiger partial charge in [0.1, 0.15) is 0 Å². The molecule has 1 amide bonds. The van der Waals surface area contributed by atoms with Gasteiger partial charge < -0.3 is 10.1 Å². The molecule has 6 nitrogen and oxygen atoms in total. The Bertz CT molecular complexity index is 756. The number of hydrogen-bond acceptors (Lipinski definition) is 5. The maximum absolute atomic E-state index is 12.5. The Balaban J connectivity index is 1.94. The van der Waals surface area contributed by atoms with Gasteiger partial charge in [0.05, 0.1) is 10.5 Å². The fraction of sp³-hybridized carbons (Fsp3) is 0.556. The van der Waals surface area contributed by atoms with E-state index in [9.17, 15) is 26.8 Å². The maximum Gasteiger partial charge on any atom is 0.341 e. The standard InChI is InChI=1S/C18H23F2NO5S/c1-12(16(22)21-14-6-4-2-3-5-7-14)26-17(23)13-8-10-15(11-9-13)27(24,25)18(19)20/h8-12,14,18H,2-7H2,1H3,(H,21,22)/t12-/m1/s1. The maximum atomic E-state index is 12.5. The molecule has 1 atom stereocenters. The van der Waals surface area contributed by atoms with Crippen LogP contribution in [0.25, 0.3) is 0 Å². The second-order valence-electron chi connectivity index (χ2n) is 6.57. The number of carbonyl (C=O) groups is 2. The van der Waals surface area contributed by atoms with Gasteiger partial charge in [0.15, 0.2) is 6.10 Å². The van der Waals surface area contributed by atoms with E-state index in [2.05, 4.69) is 5.32 Å². The minimum absolute atomic E-state index is 0.0302. The van der Waals surface area contributed by atoms with Gasteiger partial charge in [-0.3, -0.25) is 4.79 Å². The molecule has 2 rings (SSSR count). The molecule has 0 spiro atoms. The molecular weight excluding hydrogens is 380 g/mol. The summed E-state index contributed by atoms with van der Waals surface area (Å²) in [5.74, 6) is -4.77. The van der Waals surface area contributed by atoms with Gasteiger partial charge in [-0.05, 0) is 44.0 Å². The van der Waals surface area contributed by atoms with Crippen molar-refractivity contribution in [2.24, 2.45) is 0 Å². The number of rotatable bonds is 6. The van der Waals surface area contributed by atoms with E-state index in [1.54, 1.807) is 0 Å². The van der Waals surface area contributed by atoms with Crippen LogP contribution in [0.15, 0.2) is 29.2 Å². The van der Waals surface area contributed by atoms with Crippen molar-refractivity contribution in [1.29, 1.82) is 0 Å². The fourth-order valence-corrected chi connectivity index (χ4v) is 3.63. The number of benzene rings is 1. The van der Waals surface area contributed by atoms with Crippen molar-refractivity contribution in [3.63, 3.8) is 0 Å². The van der Waals surface area contributed by atoms with E-state index in [1.807, 2.05) is 0 Å². The molecule has 1 aliphatic carbocycles. The summed E-state index contributed by atoms with van der Waals surface area (Å²) in [6.45, 7) is 1.44. The Morgan fingerprint density at radius 1 is 1.07 bits per heavy atom. The molecule has 1 saturated carbocycles. The van der Waals surface area contributed by atoms with Crippen LogP contribution in [-0.4, -0.2) is 38.2 Å². The molecule has 9 heteroatoms. The van der Waals surface area contributed by atoms with Crippen LogP contribution in [0, 0.1) is 0 Å². The molecular formula is C18H23F2NO5S. The lowest BCUT2D eigenvalue weighted by Gasteiger charge is -2.19. The minimum atomic E-state index is -4.72. The fourth-order valence-electron chi connectivity index (χ4n) is 2.91. The number of alkyl halides is 2. The summed E-state index contributed by atoms with van der Waals surface area (Å²) < 4.78 is 52.9. The largest absolute Gasteiger partial charge is 0.449 e. The molecule has 1 aliphatic rings. The van der Waals surface area contributed by atoms with Crippen LogP contribution in [-0.2, 0) is 19.4 Å². The van der Waals surface area contributed by atoms with Gasteiger partial charge in [-0.15, -0.1) is 0 Å². The third kappa shape index (κ3) is 5.72. The van der Waals surface area contributed by atoms with E-state index in [0.717, 1.165) is 62.8 Å². The lowest BCUT2D eigenvalue weighted by atomic mass is 10.1. The van der Waals surface area contributed by atoms with Crippen molar-refractivity contribution in [2.45, 2.75) is 68.2 Å². The van der Waals surface area contributed by atoms with Gasteiger partial charge in [0.25, 0.3) is 5.91 Å². The zero-order valence-electron chi connectivity index (χ0n) is 15.0. The third-order valence-corrected chi connectivity index (χ3v) is 5.91. The monoisotopic (exact) mass is 403 g/mol. The number of hydrogen-bond donors (Lipinski definition) is 1. The van der Waals surface area contributed by atoms with Crippen molar-refractivity contribution in [3.8, 4) is 0 Å². The van der Waals surface area contributed by atoms with Crippen molar-refractivity contribution in [1.82, 2.24) is 5.32 Å². The zero-order valence-corrected chi connectivity index (χ0v) is 15.8. The highest BCUT2D eigenvalue weighted by Gasteiger charge is 2.27. The van der Waals surface area contributed by atoms with Gasteiger partial charge in [-0.25, -0.2) is 13.2 Å². The predicted molar refractivity (Wildman–Crippen MR) is 94.1 cm³/mol. The summed E-state index contributed by atoms with van der Waals surface area (Å²) in [6.07, 6.45) is 5.16. The summed E-state index contributed by atoms with van der Waals surface area (Å²) in [5.41, 5.74) is -0.0302. The van der Waals surface area contributed by atoms with Crippen LogP contribution < -0.4 is 5.32 Å². The van der Waals surface area contributed by atoms with E-state index >= 15 is 0 Å². The first-order chi connectivity index (χ1) is 12.7. The number of nitrogens with one attached hydrogen (secondary N) is 1. The van der Waals surface area contributed by atoms with Gasteiger partial charge in [-0.2, -0.15) is 8.78 Å². The summed E-state index contributed by atoms with van der Waals surface area (Å²) >= 11 is 0. The first-order valence-electron chi connectivity index (χ1n) is 8.85. The molecule has 0 aromatic heterocycles. The molecule has 0 unspecified atom stereocenters. The highest BCUT2D eigenvalue weighted by molar-refractivity contribution is 7.91. The van der Waals surface area contributed by atoms with Crippen molar-refractivity contribution < 1.29 is 31.5 Å². The summed E-state index contributed by atoms with van der Waals surface area (Å²) in [6, 6.07) is 4.05. The highest BCUT2D eigenvalue weighted by Crippen LogP contribution is 2.20. The van der Waals surface area contributed by atoms with Crippen LogP contribution in [0.5, 0.6) is 0 Å². The van der Waals surface area contributed by atoms with Gasteiger partial charge in [0, 0.05) is 6.04 Å². The van der Waals surface area contributed by atoms with E-state index in [0.29, 0.717) is 0 Å². The molecule has 0 bridgehead atoms. The molecule has 0 heterocycles. The van der Waals surface area contributed by atoms with Gasteiger partial charge in [-0.1, -0.05) is 25.7 Å². The lowest BCUT2D eigenvalue weighted by Crippen LogP contribution is -2.41. The molecule has 1 fully saturated rings. The molecule has 0 saturated heterocycles.